The Kier molecular flexibility index (Phi) is 5.57. The van der Waals surface area contributed by atoms with Crippen molar-refractivity contribution < 1.29 is 0 Å². The second kappa shape index (κ2) is 7.42. The molecule has 2 rings (SSSR count). The van der Waals surface area contributed by atoms with Crippen molar-refractivity contribution in [1.82, 2.24) is 14.9 Å². The van der Waals surface area contributed by atoms with Crippen molar-refractivity contribution in [2.24, 2.45) is 0 Å². The average Bonchev–Trinajstić information content (AvgIpc) is 2.43. The van der Waals surface area contributed by atoms with E-state index >= 15 is 0 Å². The number of likely N-dealkylation sites (N-methyl/N-ethyl adjacent to an activating group) is 1. The summed E-state index contributed by atoms with van der Waals surface area (Å²) in [6, 6.07) is 5.85. The van der Waals surface area contributed by atoms with Gasteiger partial charge in [-0.2, -0.15) is 4.98 Å². The van der Waals surface area contributed by atoms with Gasteiger partial charge in [0.05, 0.1) is 10.7 Å². The molecule has 0 aliphatic carbocycles. The summed E-state index contributed by atoms with van der Waals surface area (Å²) in [4.78, 5) is 10.8. The van der Waals surface area contributed by atoms with Crippen LogP contribution in [-0.4, -0.2) is 42.1 Å². The molecule has 0 bridgehead atoms. The fourth-order valence-corrected chi connectivity index (χ4v) is 2.48. The van der Waals surface area contributed by atoms with Crippen LogP contribution in [0.25, 0.3) is 0 Å². The summed E-state index contributed by atoms with van der Waals surface area (Å²) in [5.41, 5.74) is 3.11. The number of anilines is 3. The van der Waals surface area contributed by atoms with Crippen molar-refractivity contribution in [3.63, 3.8) is 0 Å². The lowest BCUT2D eigenvalue weighted by Crippen LogP contribution is -2.21. The normalized spacial score (nSPS) is 10.8. The van der Waals surface area contributed by atoms with Crippen LogP contribution in [0.2, 0.25) is 5.02 Å². The van der Waals surface area contributed by atoms with Crippen LogP contribution in [-0.2, 0) is 0 Å². The monoisotopic (exact) mass is 319 g/mol. The summed E-state index contributed by atoms with van der Waals surface area (Å²) in [7, 11) is 4.06. The lowest BCUT2D eigenvalue weighted by atomic mass is 10.1. The maximum absolute atomic E-state index is 6.32. The standard InChI is InChI=1S/C16H22ClN5/c1-11-9-12(2)15(13(17)10-11)20-14-5-6-18-16(21-14)19-7-8-22(3)4/h5-6,9-10H,7-8H2,1-4H3,(H2,18,19,20,21). The maximum atomic E-state index is 6.32. The van der Waals surface area contributed by atoms with E-state index in [1.54, 1.807) is 6.20 Å². The molecule has 5 nitrogen and oxygen atoms in total. The van der Waals surface area contributed by atoms with Crippen molar-refractivity contribution in [2.45, 2.75) is 13.8 Å². The smallest absolute Gasteiger partial charge is 0.224 e. The first-order valence-corrected chi connectivity index (χ1v) is 7.59. The molecule has 0 unspecified atom stereocenters. The molecule has 0 atom stereocenters. The Hall–Kier alpha value is -1.85. The molecule has 0 aliphatic heterocycles. The van der Waals surface area contributed by atoms with E-state index in [0.717, 1.165) is 35.7 Å². The number of nitrogens with one attached hydrogen (secondary N) is 2. The first kappa shape index (κ1) is 16.5. The minimum atomic E-state index is 0.604. The summed E-state index contributed by atoms with van der Waals surface area (Å²) >= 11 is 6.32. The van der Waals surface area contributed by atoms with Crippen LogP contribution in [0.3, 0.4) is 0 Å². The Labute approximate surface area is 136 Å². The van der Waals surface area contributed by atoms with Gasteiger partial charge in [-0.05, 0) is 51.2 Å². The van der Waals surface area contributed by atoms with Gasteiger partial charge in [0, 0.05) is 19.3 Å². The van der Waals surface area contributed by atoms with Gasteiger partial charge in [0.15, 0.2) is 0 Å². The van der Waals surface area contributed by atoms with Gasteiger partial charge < -0.3 is 15.5 Å². The number of halogens is 1. The molecule has 22 heavy (non-hydrogen) atoms. The summed E-state index contributed by atoms with van der Waals surface area (Å²) < 4.78 is 0. The largest absolute Gasteiger partial charge is 0.353 e. The number of aryl methyl sites for hydroxylation is 2. The summed E-state index contributed by atoms with van der Waals surface area (Å²) in [6.07, 6.45) is 1.73. The highest BCUT2D eigenvalue weighted by Gasteiger charge is 2.07. The quantitative estimate of drug-likeness (QED) is 0.854. The highest BCUT2D eigenvalue weighted by Crippen LogP contribution is 2.29. The first-order valence-electron chi connectivity index (χ1n) is 7.21. The SMILES string of the molecule is Cc1cc(C)c(Nc2ccnc(NCCN(C)C)n2)c(Cl)c1. The number of benzene rings is 1. The summed E-state index contributed by atoms with van der Waals surface area (Å²) in [5, 5.41) is 7.17. The molecule has 2 aromatic rings. The predicted octanol–water partition coefficient (Wildman–Crippen LogP) is 3.46. The van der Waals surface area contributed by atoms with E-state index in [4.69, 9.17) is 11.6 Å². The Morgan fingerprint density at radius 1 is 1.23 bits per heavy atom. The van der Waals surface area contributed by atoms with Crippen LogP contribution >= 0.6 is 11.6 Å². The van der Waals surface area contributed by atoms with Crippen LogP contribution in [0, 0.1) is 13.8 Å². The number of hydrogen-bond donors (Lipinski definition) is 2. The molecule has 1 heterocycles. The molecule has 0 radical (unpaired) electrons. The molecular weight excluding hydrogens is 298 g/mol. The average molecular weight is 320 g/mol. The van der Waals surface area contributed by atoms with Crippen molar-refractivity contribution in [3.05, 3.63) is 40.5 Å². The fourth-order valence-electron chi connectivity index (χ4n) is 2.11. The van der Waals surface area contributed by atoms with Gasteiger partial charge in [0.25, 0.3) is 0 Å². The van der Waals surface area contributed by atoms with Gasteiger partial charge in [0.2, 0.25) is 5.95 Å². The minimum Gasteiger partial charge on any atom is -0.353 e. The molecule has 0 amide bonds. The third-order valence-electron chi connectivity index (χ3n) is 3.18. The summed E-state index contributed by atoms with van der Waals surface area (Å²) in [5.74, 6) is 1.32. The number of rotatable bonds is 6. The lowest BCUT2D eigenvalue weighted by molar-refractivity contribution is 0.425. The number of hydrogen-bond acceptors (Lipinski definition) is 5. The van der Waals surface area contributed by atoms with Crippen LogP contribution in [0.1, 0.15) is 11.1 Å². The van der Waals surface area contributed by atoms with Crippen molar-refractivity contribution >= 4 is 29.1 Å². The van der Waals surface area contributed by atoms with E-state index in [0.29, 0.717) is 11.0 Å². The zero-order chi connectivity index (χ0) is 16.1. The van der Waals surface area contributed by atoms with Gasteiger partial charge in [-0.15, -0.1) is 0 Å². The Bertz CT molecular complexity index is 619. The van der Waals surface area contributed by atoms with Gasteiger partial charge >= 0.3 is 0 Å². The third kappa shape index (κ3) is 4.58. The zero-order valence-corrected chi connectivity index (χ0v) is 14.2. The number of aromatic nitrogens is 2. The second-order valence-corrected chi connectivity index (χ2v) is 5.97. The van der Waals surface area contributed by atoms with Gasteiger partial charge in [-0.25, -0.2) is 4.98 Å². The topological polar surface area (TPSA) is 53.1 Å². The molecule has 6 heteroatoms. The van der Waals surface area contributed by atoms with E-state index in [9.17, 15) is 0 Å². The van der Waals surface area contributed by atoms with Crippen LogP contribution in [0.15, 0.2) is 24.4 Å². The molecular formula is C16H22ClN5. The first-order chi connectivity index (χ1) is 10.5. The van der Waals surface area contributed by atoms with E-state index < -0.39 is 0 Å². The molecule has 118 valence electrons. The van der Waals surface area contributed by atoms with E-state index in [1.807, 2.05) is 40.1 Å². The molecule has 1 aromatic heterocycles. The maximum Gasteiger partial charge on any atom is 0.224 e. The highest BCUT2D eigenvalue weighted by atomic mass is 35.5. The minimum absolute atomic E-state index is 0.604. The molecule has 0 saturated carbocycles. The van der Waals surface area contributed by atoms with Crippen LogP contribution < -0.4 is 10.6 Å². The molecule has 0 spiro atoms. The predicted molar refractivity (Wildman–Crippen MR) is 93.3 cm³/mol. The Morgan fingerprint density at radius 3 is 2.68 bits per heavy atom. The zero-order valence-electron chi connectivity index (χ0n) is 13.4. The highest BCUT2D eigenvalue weighted by molar-refractivity contribution is 6.33. The van der Waals surface area contributed by atoms with Gasteiger partial charge in [-0.3, -0.25) is 0 Å². The van der Waals surface area contributed by atoms with Crippen molar-refractivity contribution in [1.29, 1.82) is 0 Å². The van der Waals surface area contributed by atoms with E-state index in [-0.39, 0.29) is 0 Å². The summed E-state index contributed by atoms with van der Waals surface area (Å²) in [6.45, 7) is 5.77. The van der Waals surface area contributed by atoms with Crippen LogP contribution in [0.4, 0.5) is 17.5 Å². The molecule has 0 fully saturated rings. The fraction of sp³-hybridized carbons (Fsp3) is 0.375. The lowest BCUT2D eigenvalue weighted by Gasteiger charge is -2.13. The second-order valence-electron chi connectivity index (χ2n) is 5.56. The molecule has 1 aromatic carbocycles. The Balaban J connectivity index is 2.10. The van der Waals surface area contributed by atoms with Gasteiger partial charge in [-0.1, -0.05) is 17.7 Å². The third-order valence-corrected chi connectivity index (χ3v) is 3.48. The van der Waals surface area contributed by atoms with E-state index in [2.05, 4.69) is 31.6 Å². The van der Waals surface area contributed by atoms with Gasteiger partial charge in [0.1, 0.15) is 5.82 Å². The molecule has 0 saturated heterocycles. The Morgan fingerprint density at radius 2 is 2.00 bits per heavy atom. The number of nitrogens with zero attached hydrogens (tertiary/aromatic N) is 3. The molecule has 2 N–H and O–H groups in total. The van der Waals surface area contributed by atoms with Crippen molar-refractivity contribution in [3.8, 4) is 0 Å². The van der Waals surface area contributed by atoms with E-state index in [1.165, 1.54) is 0 Å². The molecule has 0 aliphatic rings. The van der Waals surface area contributed by atoms with Crippen LogP contribution in [0.5, 0.6) is 0 Å². The van der Waals surface area contributed by atoms with Crippen molar-refractivity contribution in [2.75, 3.05) is 37.8 Å².